The number of amides is 3. The number of halogens is 2. The average molecular weight is 463 g/mol. The highest BCUT2D eigenvalue weighted by Gasteiger charge is 2.55. The highest BCUT2D eigenvalue weighted by molar-refractivity contribution is 9.10. The number of hydrogen-bond acceptors (Lipinski definition) is 6. The van der Waals surface area contributed by atoms with Gasteiger partial charge in [0, 0.05) is 15.2 Å². The van der Waals surface area contributed by atoms with Crippen LogP contribution in [0.3, 0.4) is 0 Å². The Morgan fingerprint density at radius 3 is 2.43 bits per heavy atom. The Morgan fingerprint density at radius 2 is 1.75 bits per heavy atom. The molecule has 142 valence electrons. The van der Waals surface area contributed by atoms with E-state index in [4.69, 9.17) is 11.6 Å². The van der Waals surface area contributed by atoms with E-state index in [1.807, 2.05) is 0 Å². The molecule has 2 aliphatic rings. The van der Waals surface area contributed by atoms with Crippen molar-refractivity contribution >= 4 is 56.6 Å². The van der Waals surface area contributed by atoms with Crippen LogP contribution in [0.2, 0.25) is 5.02 Å². The summed E-state index contributed by atoms with van der Waals surface area (Å²) in [6.45, 7) is -0.200. The van der Waals surface area contributed by atoms with E-state index in [0.717, 1.165) is 9.37 Å². The molecule has 1 saturated heterocycles. The zero-order chi connectivity index (χ0) is 19.8. The fourth-order valence-corrected chi connectivity index (χ4v) is 3.47. The maximum Gasteiger partial charge on any atom is 0.263 e. The zero-order valence-electron chi connectivity index (χ0n) is 14.3. The van der Waals surface area contributed by atoms with Gasteiger partial charge in [0.15, 0.2) is 12.1 Å². The first-order valence-electron chi connectivity index (χ1n) is 8.30. The molecule has 1 N–H and O–H groups in total. The lowest BCUT2D eigenvalue weighted by Crippen LogP contribution is -2.43. The molecule has 2 atom stereocenters. The molecular weight excluding hydrogens is 450 g/mol. The van der Waals surface area contributed by atoms with Crippen LogP contribution in [0.15, 0.2) is 63.3 Å². The van der Waals surface area contributed by atoms with E-state index in [-0.39, 0.29) is 12.5 Å². The zero-order valence-corrected chi connectivity index (χ0v) is 16.6. The van der Waals surface area contributed by atoms with Gasteiger partial charge in [0.25, 0.3) is 11.8 Å². The van der Waals surface area contributed by atoms with Crippen LogP contribution in [0.4, 0.5) is 11.4 Å². The first-order chi connectivity index (χ1) is 13.4. The summed E-state index contributed by atoms with van der Waals surface area (Å²) < 4.78 is 0.888. The van der Waals surface area contributed by atoms with E-state index >= 15 is 0 Å². The number of nitrogens with zero attached hydrogens (tertiary/aromatic N) is 4. The molecule has 2 heterocycles. The number of benzene rings is 2. The van der Waals surface area contributed by atoms with Gasteiger partial charge in [0.05, 0.1) is 5.69 Å². The molecule has 0 spiro atoms. The number of hydrogen-bond donors (Lipinski definition) is 1. The maximum absolute atomic E-state index is 12.8. The summed E-state index contributed by atoms with van der Waals surface area (Å²) in [5.74, 6) is -1.32. The molecule has 0 aliphatic carbocycles. The van der Waals surface area contributed by atoms with Crippen LogP contribution in [0.25, 0.3) is 0 Å². The summed E-state index contributed by atoms with van der Waals surface area (Å²) in [4.78, 5) is 38.9. The minimum Gasteiger partial charge on any atom is -0.324 e. The molecule has 2 aromatic carbocycles. The molecule has 2 aromatic rings. The average Bonchev–Trinajstić information content (AvgIpc) is 3.18. The Kier molecular flexibility index (Phi) is 4.86. The van der Waals surface area contributed by atoms with Crippen molar-refractivity contribution in [2.75, 3.05) is 16.8 Å². The van der Waals surface area contributed by atoms with E-state index < -0.39 is 23.9 Å². The summed E-state index contributed by atoms with van der Waals surface area (Å²) >= 11 is 9.19. The third kappa shape index (κ3) is 3.38. The van der Waals surface area contributed by atoms with Crippen LogP contribution in [0.1, 0.15) is 0 Å². The van der Waals surface area contributed by atoms with Crippen molar-refractivity contribution in [1.29, 1.82) is 0 Å². The van der Waals surface area contributed by atoms with Gasteiger partial charge in [0.1, 0.15) is 6.54 Å². The second kappa shape index (κ2) is 7.33. The van der Waals surface area contributed by atoms with Crippen molar-refractivity contribution < 1.29 is 14.4 Å². The molecule has 3 amide bonds. The van der Waals surface area contributed by atoms with Gasteiger partial charge in [-0.3, -0.25) is 19.4 Å². The van der Waals surface area contributed by atoms with Gasteiger partial charge in [-0.1, -0.05) is 32.8 Å². The van der Waals surface area contributed by atoms with Crippen molar-refractivity contribution in [3.8, 4) is 0 Å². The molecule has 0 aromatic heterocycles. The Morgan fingerprint density at radius 1 is 1.07 bits per heavy atom. The van der Waals surface area contributed by atoms with Crippen molar-refractivity contribution in [3.63, 3.8) is 0 Å². The largest absolute Gasteiger partial charge is 0.324 e. The van der Waals surface area contributed by atoms with Crippen LogP contribution >= 0.6 is 27.5 Å². The number of nitrogens with one attached hydrogen (secondary N) is 1. The van der Waals surface area contributed by atoms with E-state index in [1.54, 1.807) is 48.5 Å². The van der Waals surface area contributed by atoms with Crippen LogP contribution in [-0.2, 0) is 14.4 Å². The smallest absolute Gasteiger partial charge is 0.263 e. The Labute approximate surface area is 173 Å². The number of anilines is 2. The molecule has 2 unspecified atom stereocenters. The van der Waals surface area contributed by atoms with Gasteiger partial charge in [-0.05, 0) is 48.5 Å². The number of carbonyl (C=O) groups is 3. The summed E-state index contributed by atoms with van der Waals surface area (Å²) in [5.41, 5.74) is 1.01. The highest BCUT2D eigenvalue weighted by Crippen LogP contribution is 2.32. The van der Waals surface area contributed by atoms with E-state index in [2.05, 4.69) is 31.6 Å². The van der Waals surface area contributed by atoms with Crippen molar-refractivity contribution in [2.45, 2.75) is 12.1 Å². The first kappa shape index (κ1) is 18.6. The number of rotatable bonds is 4. The normalized spacial score (nSPS) is 20.6. The summed E-state index contributed by atoms with van der Waals surface area (Å²) in [6.07, 6.45) is 0. The summed E-state index contributed by atoms with van der Waals surface area (Å²) in [5, 5.41) is 12.2. The second-order valence-electron chi connectivity index (χ2n) is 6.24. The van der Waals surface area contributed by atoms with Crippen molar-refractivity contribution in [2.24, 2.45) is 10.3 Å². The van der Waals surface area contributed by atoms with Gasteiger partial charge < -0.3 is 5.32 Å². The monoisotopic (exact) mass is 461 g/mol. The fraction of sp³-hybridized carbons (Fsp3) is 0.167. The van der Waals surface area contributed by atoms with E-state index in [0.29, 0.717) is 16.4 Å². The van der Waals surface area contributed by atoms with Gasteiger partial charge in [-0.25, -0.2) is 4.90 Å². The molecule has 10 heteroatoms. The van der Waals surface area contributed by atoms with Gasteiger partial charge in [-0.15, -0.1) is 0 Å². The molecule has 0 saturated carbocycles. The maximum atomic E-state index is 12.8. The number of carbonyl (C=O) groups excluding carboxylic acids is 3. The quantitative estimate of drug-likeness (QED) is 0.707. The van der Waals surface area contributed by atoms with Crippen molar-refractivity contribution in [1.82, 2.24) is 5.01 Å². The fourth-order valence-electron chi connectivity index (χ4n) is 3.08. The first-order valence-corrected chi connectivity index (χ1v) is 9.47. The van der Waals surface area contributed by atoms with Gasteiger partial charge in [-0.2, -0.15) is 5.11 Å². The Balaban J connectivity index is 1.48. The van der Waals surface area contributed by atoms with E-state index in [9.17, 15) is 14.4 Å². The summed E-state index contributed by atoms with van der Waals surface area (Å²) in [6, 6.07) is 11.5. The molecular formula is C18H13BrClN5O3. The molecule has 28 heavy (non-hydrogen) atoms. The molecule has 2 aliphatic heterocycles. The predicted molar refractivity (Wildman–Crippen MR) is 106 cm³/mol. The molecule has 0 bridgehead atoms. The molecule has 8 nitrogen and oxygen atoms in total. The SMILES string of the molecule is O=C(CN1N=NC2C(=O)N(c3ccc(Cl)cc3)C(=O)C21)Nc1ccc(Br)cc1. The predicted octanol–water partition coefficient (Wildman–Crippen LogP) is 3.03. The van der Waals surface area contributed by atoms with Gasteiger partial charge >= 0.3 is 0 Å². The summed E-state index contributed by atoms with van der Waals surface area (Å²) in [7, 11) is 0. The van der Waals surface area contributed by atoms with Crippen LogP contribution in [-0.4, -0.2) is 41.4 Å². The molecule has 0 radical (unpaired) electrons. The topological polar surface area (TPSA) is 94.4 Å². The molecule has 1 fully saturated rings. The number of imide groups is 1. The minimum atomic E-state index is -0.955. The number of fused-ring (bicyclic) bond motifs is 1. The van der Waals surface area contributed by atoms with E-state index in [1.165, 1.54) is 5.01 Å². The van der Waals surface area contributed by atoms with Crippen molar-refractivity contribution in [3.05, 3.63) is 58.0 Å². The Bertz CT molecular complexity index is 980. The standard InChI is InChI=1S/C18H13BrClN5O3/c19-10-1-5-12(6-2-10)21-14(26)9-24-16-15(22-23-24)17(27)25(18(16)28)13-7-3-11(20)4-8-13/h1-8,15-16H,9H2,(H,21,26). The molecule has 4 rings (SSSR count). The lowest BCUT2D eigenvalue weighted by molar-refractivity contribution is -0.123. The Hall–Kier alpha value is -2.78. The second-order valence-corrected chi connectivity index (χ2v) is 7.59. The van der Waals surface area contributed by atoms with Crippen LogP contribution in [0, 0.1) is 0 Å². The van der Waals surface area contributed by atoms with Crippen LogP contribution in [0.5, 0.6) is 0 Å². The lowest BCUT2D eigenvalue weighted by Gasteiger charge is -2.20. The highest BCUT2D eigenvalue weighted by atomic mass is 79.9. The van der Waals surface area contributed by atoms with Gasteiger partial charge in [0.2, 0.25) is 5.91 Å². The third-order valence-electron chi connectivity index (χ3n) is 4.38. The third-order valence-corrected chi connectivity index (χ3v) is 5.16. The van der Waals surface area contributed by atoms with Crippen LogP contribution < -0.4 is 10.2 Å². The minimum absolute atomic E-state index is 0.200. The lowest BCUT2D eigenvalue weighted by atomic mass is 10.1.